The van der Waals surface area contributed by atoms with Gasteiger partial charge in [-0.15, -0.1) is 0 Å². The number of benzene rings is 2. The largest absolute Gasteiger partial charge is 0.356 e. The van der Waals surface area contributed by atoms with Crippen LogP contribution in [-0.2, 0) is 9.59 Å². The maximum absolute atomic E-state index is 15.4. The van der Waals surface area contributed by atoms with Gasteiger partial charge in [0.1, 0.15) is 11.4 Å². The molecule has 5 nitrogen and oxygen atoms in total. The molecule has 0 aromatic heterocycles. The van der Waals surface area contributed by atoms with Crippen LogP contribution in [-0.4, -0.2) is 41.4 Å². The molecule has 0 spiro atoms. The van der Waals surface area contributed by atoms with Gasteiger partial charge in [0.05, 0.1) is 10.9 Å². The van der Waals surface area contributed by atoms with Gasteiger partial charge in [0.25, 0.3) is 0 Å². The van der Waals surface area contributed by atoms with Crippen LogP contribution >= 0.6 is 23.2 Å². The van der Waals surface area contributed by atoms with Crippen molar-refractivity contribution in [2.75, 3.05) is 18.4 Å². The zero-order valence-corrected chi connectivity index (χ0v) is 19.8. The molecular formula is C25H26Cl2FN3O2. The molecule has 2 heterocycles. The first-order valence-electron chi connectivity index (χ1n) is 11.4. The van der Waals surface area contributed by atoms with E-state index in [0.29, 0.717) is 41.7 Å². The summed E-state index contributed by atoms with van der Waals surface area (Å²) in [6.07, 6.45) is 2.91. The molecule has 8 heteroatoms. The Balaban J connectivity index is 1.64. The van der Waals surface area contributed by atoms with Crippen LogP contribution in [0.1, 0.15) is 37.7 Å². The van der Waals surface area contributed by atoms with Crippen molar-refractivity contribution in [3.05, 3.63) is 63.9 Å². The van der Waals surface area contributed by atoms with Gasteiger partial charge in [-0.2, -0.15) is 0 Å². The van der Waals surface area contributed by atoms with Crippen LogP contribution in [0.4, 0.5) is 10.1 Å². The van der Waals surface area contributed by atoms with Crippen LogP contribution in [0.2, 0.25) is 10.0 Å². The number of rotatable bonds is 5. The van der Waals surface area contributed by atoms with E-state index in [9.17, 15) is 9.59 Å². The summed E-state index contributed by atoms with van der Waals surface area (Å²) in [6.45, 7) is 3.08. The van der Waals surface area contributed by atoms with E-state index in [0.717, 1.165) is 12.8 Å². The molecular weight excluding hydrogens is 464 g/mol. The Labute approximate surface area is 202 Å². The van der Waals surface area contributed by atoms with Gasteiger partial charge in [-0.1, -0.05) is 41.4 Å². The van der Waals surface area contributed by atoms with Crippen LogP contribution in [0.25, 0.3) is 0 Å². The molecule has 1 saturated carbocycles. The van der Waals surface area contributed by atoms with Crippen LogP contribution in [0, 0.1) is 17.7 Å². The SMILES string of the molecule is C[C@]1(C(=O)Nc2cccc(Cl)c2)[C@@H](c2cccc(Cl)c2F)[C@@H]2C(=O)NCC[C@@H]2N1CC1CC1. The number of carbonyl (C=O) groups is 2. The van der Waals surface area contributed by atoms with E-state index in [1.165, 1.54) is 6.07 Å². The fraction of sp³-hybridized carbons (Fsp3) is 0.440. The molecule has 33 heavy (non-hydrogen) atoms. The average molecular weight is 490 g/mol. The summed E-state index contributed by atoms with van der Waals surface area (Å²) in [4.78, 5) is 29.3. The second kappa shape index (κ2) is 8.57. The quantitative estimate of drug-likeness (QED) is 0.631. The first-order chi connectivity index (χ1) is 15.8. The van der Waals surface area contributed by atoms with E-state index in [2.05, 4.69) is 15.5 Å². The summed E-state index contributed by atoms with van der Waals surface area (Å²) >= 11 is 12.3. The first kappa shape index (κ1) is 22.6. The van der Waals surface area contributed by atoms with Gasteiger partial charge >= 0.3 is 0 Å². The normalized spacial score (nSPS) is 29.5. The fourth-order valence-electron chi connectivity index (χ4n) is 5.67. The molecule has 2 aromatic rings. The number of likely N-dealkylation sites (tertiary alicyclic amines) is 1. The van der Waals surface area contributed by atoms with Crippen LogP contribution in [0.15, 0.2) is 42.5 Å². The van der Waals surface area contributed by atoms with Gasteiger partial charge in [0, 0.05) is 35.8 Å². The molecule has 5 rings (SSSR count). The number of fused-ring (bicyclic) bond motifs is 1. The lowest BCUT2D eigenvalue weighted by Gasteiger charge is -2.40. The minimum absolute atomic E-state index is 0.0153. The van der Waals surface area contributed by atoms with E-state index in [1.54, 1.807) is 36.4 Å². The fourth-order valence-corrected chi connectivity index (χ4v) is 6.04. The van der Waals surface area contributed by atoms with Gasteiger partial charge in [-0.05, 0) is 61.9 Å². The number of nitrogens with one attached hydrogen (secondary N) is 2. The lowest BCUT2D eigenvalue weighted by molar-refractivity contribution is -0.128. The lowest BCUT2D eigenvalue weighted by Crippen LogP contribution is -2.56. The number of halogens is 3. The third-order valence-corrected chi connectivity index (χ3v) is 7.96. The van der Waals surface area contributed by atoms with Crippen molar-refractivity contribution in [3.63, 3.8) is 0 Å². The number of amides is 2. The standard InChI is InChI=1S/C25H26Cl2FN3O2/c1-25(24(33)30-16-5-2-4-15(26)12-16)21(17-6-3-7-18(27)22(17)28)20-19(10-11-29-23(20)32)31(25)13-14-8-9-14/h2-7,12,14,19-21H,8-11,13H2,1H3,(H,29,32)(H,30,33)/t19-,20+,21-,25+/m0/s1. The molecule has 4 atom stereocenters. The summed E-state index contributed by atoms with van der Waals surface area (Å²) in [7, 11) is 0. The van der Waals surface area contributed by atoms with Crippen LogP contribution < -0.4 is 10.6 Å². The van der Waals surface area contributed by atoms with E-state index in [1.807, 2.05) is 6.92 Å². The Morgan fingerprint density at radius 3 is 2.70 bits per heavy atom. The summed E-state index contributed by atoms with van der Waals surface area (Å²) in [5, 5.41) is 6.42. The first-order valence-corrected chi connectivity index (χ1v) is 12.1. The van der Waals surface area contributed by atoms with Crippen LogP contribution in [0.3, 0.4) is 0 Å². The Bertz CT molecular complexity index is 1110. The molecule has 0 radical (unpaired) electrons. The maximum Gasteiger partial charge on any atom is 0.245 e. The number of hydrogen-bond acceptors (Lipinski definition) is 3. The molecule has 0 unspecified atom stereocenters. The summed E-state index contributed by atoms with van der Waals surface area (Å²) in [5.41, 5.74) is -0.297. The second-order valence-electron chi connectivity index (χ2n) is 9.50. The van der Waals surface area contributed by atoms with Gasteiger partial charge in [0.2, 0.25) is 11.8 Å². The average Bonchev–Trinajstić information content (AvgIpc) is 3.56. The van der Waals surface area contributed by atoms with Crippen LogP contribution in [0.5, 0.6) is 0 Å². The molecule has 2 aromatic carbocycles. The highest BCUT2D eigenvalue weighted by Crippen LogP contribution is 2.53. The number of hydrogen-bond donors (Lipinski definition) is 2. The van der Waals surface area contributed by atoms with Crippen molar-refractivity contribution in [2.45, 2.75) is 43.7 Å². The van der Waals surface area contributed by atoms with Crippen molar-refractivity contribution in [1.82, 2.24) is 10.2 Å². The highest BCUT2D eigenvalue weighted by Gasteiger charge is 2.64. The van der Waals surface area contributed by atoms with Gasteiger partial charge in [-0.25, -0.2) is 4.39 Å². The summed E-state index contributed by atoms with van der Waals surface area (Å²) in [5.74, 6) is -1.76. The molecule has 0 bridgehead atoms. The molecule has 1 aliphatic carbocycles. The van der Waals surface area contributed by atoms with Crippen molar-refractivity contribution in [3.8, 4) is 0 Å². The maximum atomic E-state index is 15.4. The molecule has 3 fully saturated rings. The molecule has 2 saturated heterocycles. The minimum atomic E-state index is -1.16. The Morgan fingerprint density at radius 1 is 1.21 bits per heavy atom. The topological polar surface area (TPSA) is 61.4 Å². The summed E-state index contributed by atoms with van der Waals surface area (Å²) < 4.78 is 15.4. The lowest BCUT2D eigenvalue weighted by atomic mass is 9.73. The second-order valence-corrected chi connectivity index (χ2v) is 10.3. The molecule has 174 valence electrons. The van der Waals surface area contributed by atoms with Gasteiger partial charge in [0.15, 0.2) is 0 Å². The molecule has 2 amide bonds. The number of carbonyl (C=O) groups excluding carboxylic acids is 2. The van der Waals surface area contributed by atoms with Crippen molar-refractivity contribution < 1.29 is 14.0 Å². The van der Waals surface area contributed by atoms with Gasteiger partial charge < -0.3 is 10.6 Å². The predicted octanol–water partition coefficient (Wildman–Crippen LogP) is 4.84. The van der Waals surface area contributed by atoms with E-state index in [-0.39, 0.29) is 22.9 Å². The van der Waals surface area contributed by atoms with Crippen molar-refractivity contribution >= 4 is 40.7 Å². The van der Waals surface area contributed by atoms with Crippen molar-refractivity contribution in [1.29, 1.82) is 0 Å². The third-order valence-electron chi connectivity index (χ3n) is 7.43. The number of piperidine rings is 1. The summed E-state index contributed by atoms with van der Waals surface area (Å²) in [6, 6.07) is 11.6. The van der Waals surface area contributed by atoms with E-state index >= 15 is 4.39 Å². The minimum Gasteiger partial charge on any atom is -0.356 e. The number of anilines is 1. The Kier molecular flexibility index (Phi) is 5.88. The Hall–Kier alpha value is -2.15. The number of nitrogens with zero attached hydrogens (tertiary/aromatic N) is 1. The van der Waals surface area contributed by atoms with E-state index in [4.69, 9.17) is 23.2 Å². The molecule has 2 aliphatic heterocycles. The smallest absolute Gasteiger partial charge is 0.245 e. The monoisotopic (exact) mass is 489 g/mol. The molecule has 3 aliphatic rings. The molecule has 2 N–H and O–H groups in total. The zero-order chi connectivity index (χ0) is 23.3. The zero-order valence-electron chi connectivity index (χ0n) is 18.3. The van der Waals surface area contributed by atoms with Crippen molar-refractivity contribution in [2.24, 2.45) is 11.8 Å². The third kappa shape index (κ3) is 3.92. The highest BCUT2D eigenvalue weighted by atomic mass is 35.5. The predicted molar refractivity (Wildman–Crippen MR) is 127 cm³/mol. The van der Waals surface area contributed by atoms with E-state index < -0.39 is 23.2 Å². The Morgan fingerprint density at radius 2 is 1.97 bits per heavy atom. The highest BCUT2D eigenvalue weighted by molar-refractivity contribution is 6.31. The van der Waals surface area contributed by atoms with Gasteiger partial charge in [-0.3, -0.25) is 14.5 Å².